The number of carbonyl (C=O) groups excluding carboxylic acids is 6. The van der Waals surface area contributed by atoms with Gasteiger partial charge < -0.3 is 40.4 Å². The number of nitrogens with zero attached hydrogens (tertiary/aromatic N) is 1. The van der Waals surface area contributed by atoms with E-state index in [2.05, 4.69) is 33.4 Å². The smallest absolute Gasteiger partial charge is 0.408 e. The van der Waals surface area contributed by atoms with E-state index >= 15 is 0 Å². The van der Waals surface area contributed by atoms with E-state index in [0.717, 1.165) is 27.8 Å². The van der Waals surface area contributed by atoms with Crippen LogP contribution in [-0.2, 0) is 39.8 Å². The number of amides is 5. The molecule has 66 heavy (non-hydrogen) atoms. The van der Waals surface area contributed by atoms with Crippen molar-refractivity contribution in [2.45, 2.75) is 123 Å². The van der Waals surface area contributed by atoms with Gasteiger partial charge in [0.25, 0.3) is 0 Å². The van der Waals surface area contributed by atoms with Crippen LogP contribution in [0, 0.1) is 17.8 Å². The molecule has 1 saturated heterocycles. The molecular weight excluding hydrogens is 839 g/mol. The van der Waals surface area contributed by atoms with E-state index in [1.807, 2.05) is 92.7 Å². The molecule has 0 bridgehead atoms. The van der Waals surface area contributed by atoms with Gasteiger partial charge in [0, 0.05) is 19.0 Å². The number of hydrogen-bond donors (Lipinski definition) is 4. The molecule has 5 atom stereocenters. The molecule has 356 valence electrons. The number of alkyl carbamates (subject to hydrolysis) is 2. The van der Waals surface area contributed by atoms with Crippen molar-refractivity contribution in [2.75, 3.05) is 26.8 Å². The summed E-state index contributed by atoms with van der Waals surface area (Å²) >= 11 is 0. The molecule has 0 aromatic heterocycles. The van der Waals surface area contributed by atoms with Gasteiger partial charge in [-0.25, -0.2) is 14.4 Å². The SMILES string of the molecule is COC(=O)C(CCCNC(=O)OCC1c2ccccc2-c2ccccc21)NC(=O)C(NC(=O)C1CCCN1C(=O)[C@H](/C=C/[C@H](CC(C)C)NC(=O)OC(C)(C)C)Cc1ccccc1)C(C)C. The normalized spacial score (nSPS) is 16.5. The first-order valence-corrected chi connectivity index (χ1v) is 23.2. The van der Waals surface area contributed by atoms with Gasteiger partial charge in [-0.05, 0) is 98.9 Å². The molecule has 14 heteroatoms. The highest BCUT2D eigenvalue weighted by Gasteiger charge is 2.39. The van der Waals surface area contributed by atoms with Crippen LogP contribution < -0.4 is 21.3 Å². The van der Waals surface area contributed by atoms with Crippen LogP contribution in [0.4, 0.5) is 9.59 Å². The lowest BCUT2D eigenvalue weighted by molar-refractivity contribution is -0.146. The number of ether oxygens (including phenoxy) is 3. The molecule has 1 aliphatic carbocycles. The van der Waals surface area contributed by atoms with Crippen molar-refractivity contribution in [2.24, 2.45) is 17.8 Å². The van der Waals surface area contributed by atoms with Gasteiger partial charge in [0.15, 0.2) is 0 Å². The number of hydrogen-bond acceptors (Lipinski definition) is 9. The standard InChI is InChI=1S/C52H69N5O9/c1-33(2)30-37(54-51(63)66-52(5,6)7)27-26-36(31-35-18-10-9-11-19-35)48(60)57-29-17-25-44(57)46(58)56-45(34(3)4)47(59)55-43(49(61)64-8)24-16-28-53-50(62)65-32-42-40-22-14-12-20-38(40)39-21-13-15-23-41(39)42/h9-15,18-23,26-27,33-34,36-37,42-45H,16-17,24-25,28-32H2,1-8H3,(H,53,62)(H,54,63)(H,55,59)(H,56,58)/b27-26+/t36-,37-,43?,44?,45?/m1/s1. The molecule has 0 saturated carbocycles. The van der Waals surface area contributed by atoms with Gasteiger partial charge in [-0.2, -0.15) is 0 Å². The van der Waals surface area contributed by atoms with E-state index in [0.29, 0.717) is 38.6 Å². The zero-order chi connectivity index (χ0) is 48.0. The molecule has 1 aliphatic heterocycles. The number of benzene rings is 3. The average molecular weight is 908 g/mol. The Morgan fingerprint density at radius 1 is 0.803 bits per heavy atom. The fourth-order valence-electron chi connectivity index (χ4n) is 8.63. The lowest BCUT2D eigenvalue weighted by atomic mass is 9.94. The highest BCUT2D eigenvalue weighted by atomic mass is 16.6. The lowest BCUT2D eigenvalue weighted by Crippen LogP contribution is -2.57. The predicted molar refractivity (Wildman–Crippen MR) is 253 cm³/mol. The van der Waals surface area contributed by atoms with E-state index in [1.54, 1.807) is 39.5 Å². The molecule has 1 heterocycles. The minimum Gasteiger partial charge on any atom is -0.467 e. The second-order valence-corrected chi connectivity index (χ2v) is 19.0. The van der Waals surface area contributed by atoms with Gasteiger partial charge >= 0.3 is 18.2 Å². The van der Waals surface area contributed by atoms with Crippen molar-refractivity contribution in [3.8, 4) is 11.1 Å². The summed E-state index contributed by atoms with van der Waals surface area (Å²) in [4.78, 5) is 82.5. The summed E-state index contributed by atoms with van der Waals surface area (Å²) in [5, 5.41) is 11.3. The summed E-state index contributed by atoms with van der Waals surface area (Å²) in [5.41, 5.74) is 4.72. The van der Waals surface area contributed by atoms with Crippen molar-refractivity contribution in [3.05, 3.63) is 108 Å². The molecule has 3 unspecified atom stereocenters. The quantitative estimate of drug-likeness (QED) is 0.0388. The molecular formula is C52H69N5O9. The largest absolute Gasteiger partial charge is 0.467 e. The van der Waals surface area contributed by atoms with Crippen molar-refractivity contribution < 1.29 is 43.0 Å². The van der Waals surface area contributed by atoms with Gasteiger partial charge in [0.1, 0.15) is 30.3 Å². The summed E-state index contributed by atoms with van der Waals surface area (Å²) in [6, 6.07) is 22.5. The Bertz CT molecular complexity index is 2120. The molecule has 5 amide bonds. The molecule has 0 radical (unpaired) electrons. The number of carbonyl (C=O) groups is 6. The van der Waals surface area contributed by atoms with Crippen LogP contribution >= 0.6 is 0 Å². The van der Waals surface area contributed by atoms with E-state index in [4.69, 9.17) is 14.2 Å². The molecule has 0 spiro atoms. The van der Waals surface area contributed by atoms with Crippen molar-refractivity contribution in [3.63, 3.8) is 0 Å². The summed E-state index contributed by atoms with van der Waals surface area (Å²) in [7, 11) is 1.23. The maximum absolute atomic E-state index is 14.5. The van der Waals surface area contributed by atoms with Gasteiger partial charge in [-0.3, -0.25) is 14.4 Å². The van der Waals surface area contributed by atoms with Crippen molar-refractivity contribution in [1.29, 1.82) is 0 Å². The van der Waals surface area contributed by atoms with Crippen LogP contribution in [0.15, 0.2) is 91.0 Å². The fourth-order valence-corrected chi connectivity index (χ4v) is 8.63. The number of nitrogens with one attached hydrogen (secondary N) is 4. The highest BCUT2D eigenvalue weighted by molar-refractivity contribution is 5.94. The molecule has 3 aromatic rings. The maximum atomic E-state index is 14.5. The maximum Gasteiger partial charge on any atom is 0.408 e. The van der Waals surface area contributed by atoms with Crippen LogP contribution in [0.1, 0.15) is 103 Å². The monoisotopic (exact) mass is 908 g/mol. The zero-order valence-electron chi connectivity index (χ0n) is 39.8. The molecule has 3 aromatic carbocycles. The third-order valence-electron chi connectivity index (χ3n) is 11.8. The first-order chi connectivity index (χ1) is 31.4. The molecule has 5 rings (SSSR count). The third-order valence-corrected chi connectivity index (χ3v) is 11.8. The fraction of sp³-hybridized carbons (Fsp3) is 0.500. The average Bonchev–Trinajstić information content (AvgIpc) is 3.89. The number of fused-ring (bicyclic) bond motifs is 3. The lowest BCUT2D eigenvalue weighted by Gasteiger charge is -2.30. The topological polar surface area (TPSA) is 181 Å². The van der Waals surface area contributed by atoms with Crippen LogP contribution in [-0.4, -0.2) is 97.4 Å². The second kappa shape index (κ2) is 23.8. The summed E-state index contributed by atoms with van der Waals surface area (Å²) in [6.07, 6.45) is 4.96. The Kier molecular flexibility index (Phi) is 18.4. The Morgan fingerprint density at radius 3 is 2.05 bits per heavy atom. The number of methoxy groups -OCH3 is 1. The highest BCUT2D eigenvalue weighted by Crippen LogP contribution is 2.44. The van der Waals surface area contributed by atoms with Gasteiger partial charge in [-0.15, -0.1) is 0 Å². The van der Waals surface area contributed by atoms with Crippen molar-refractivity contribution in [1.82, 2.24) is 26.2 Å². The Morgan fingerprint density at radius 2 is 1.44 bits per heavy atom. The Balaban J connectivity index is 1.18. The minimum atomic E-state index is -1.05. The van der Waals surface area contributed by atoms with Crippen molar-refractivity contribution >= 4 is 35.9 Å². The summed E-state index contributed by atoms with van der Waals surface area (Å²) in [5.74, 6) is -2.84. The van der Waals surface area contributed by atoms with E-state index in [9.17, 15) is 28.8 Å². The van der Waals surface area contributed by atoms with Gasteiger partial charge in [0.2, 0.25) is 17.7 Å². The number of rotatable bonds is 20. The number of esters is 1. The van der Waals surface area contributed by atoms with Crippen LogP contribution in [0.5, 0.6) is 0 Å². The van der Waals surface area contributed by atoms with E-state index < -0.39 is 65.7 Å². The van der Waals surface area contributed by atoms with Crippen LogP contribution in [0.2, 0.25) is 0 Å². The molecule has 2 aliphatic rings. The molecule has 4 N–H and O–H groups in total. The predicted octanol–water partition coefficient (Wildman–Crippen LogP) is 7.45. The van der Waals surface area contributed by atoms with E-state index in [-0.39, 0.29) is 43.2 Å². The second-order valence-electron chi connectivity index (χ2n) is 19.0. The van der Waals surface area contributed by atoms with Gasteiger partial charge in [-0.1, -0.05) is 119 Å². The van der Waals surface area contributed by atoms with E-state index in [1.165, 1.54) is 7.11 Å². The minimum absolute atomic E-state index is 0.0869. The zero-order valence-corrected chi connectivity index (χ0v) is 39.8. The molecule has 14 nitrogen and oxygen atoms in total. The summed E-state index contributed by atoms with van der Waals surface area (Å²) < 4.78 is 16.2. The first kappa shape index (κ1) is 50.8. The summed E-state index contributed by atoms with van der Waals surface area (Å²) in [6.45, 7) is 13.8. The third kappa shape index (κ3) is 14.4. The van der Waals surface area contributed by atoms with Crippen LogP contribution in [0.3, 0.4) is 0 Å². The van der Waals surface area contributed by atoms with Gasteiger partial charge in [0.05, 0.1) is 19.1 Å². The number of likely N-dealkylation sites (tertiary alicyclic amines) is 1. The molecule has 1 fully saturated rings. The Hall–Kier alpha value is -6.18. The first-order valence-electron chi connectivity index (χ1n) is 23.2. The van der Waals surface area contributed by atoms with Crippen LogP contribution in [0.25, 0.3) is 11.1 Å². The Labute approximate surface area is 390 Å².